The second-order valence-electron chi connectivity index (χ2n) is 5.01. The first-order valence-corrected chi connectivity index (χ1v) is 6.49. The zero-order valence-electron chi connectivity index (χ0n) is 11.8. The Hall–Kier alpha value is -1.59. The highest BCUT2D eigenvalue weighted by molar-refractivity contribution is 5.92. The van der Waals surface area contributed by atoms with Crippen LogP contribution in [0.15, 0.2) is 0 Å². The Morgan fingerprint density at radius 3 is 2.42 bits per heavy atom. The number of carbonyl (C=O) groups is 3. The fraction of sp³-hybridized carbons (Fsp3) is 0.769. The first-order valence-electron chi connectivity index (χ1n) is 6.49. The average molecular weight is 271 g/mol. The summed E-state index contributed by atoms with van der Waals surface area (Å²) in [5.74, 6) is -1.37. The minimum atomic E-state index is -1.26. The lowest BCUT2D eigenvalue weighted by Gasteiger charge is -2.36. The van der Waals surface area contributed by atoms with Crippen LogP contribution in [0, 0.1) is 5.92 Å². The van der Waals surface area contributed by atoms with E-state index in [1.54, 1.807) is 6.92 Å². The van der Waals surface area contributed by atoms with E-state index >= 15 is 0 Å². The predicted molar refractivity (Wildman–Crippen MR) is 67.1 cm³/mol. The number of nitrogens with one attached hydrogen (secondary N) is 1. The third-order valence-electron chi connectivity index (χ3n) is 3.13. The lowest BCUT2D eigenvalue weighted by Crippen LogP contribution is -2.61. The molecule has 0 unspecified atom stereocenters. The van der Waals surface area contributed by atoms with Crippen LogP contribution in [0.3, 0.4) is 0 Å². The van der Waals surface area contributed by atoms with Gasteiger partial charge in [-0.25, -0.2) is 4.79 Å². The second kappa shape index (κ2) is 6.04. The molecule has 2 atom stereocenters. The molecule has 1 rings (SSSR count). The summed E-state index contributed by atoms with van der Waals surface area (Å²) in [6.07, 6.45) is -0.222. The van der Waals surface area contributed by atoms with Crippen LogP contribution in [0.2, 0.25) is 0 Å². The Balaban J connectivity index is 3.09. The minimum absolute atomic E-state index is 0.119. The SMILES string of the molecule is CCOC(=O)[C@@]1([C@@H](OC(C)=O)C(C)C)CCC(=O)N1. The zero-order valence-corrected chi connectivity index (χ0v) is 11.8. The number of ether oxygens (including phenoxy) is 2. The van der Waals surface area contributed by atoms with E-state index in [1.165, 1.54) is 6.92 Å². The Morgan fingerprint density at radius 2 is 2.05 bits per heavy atom. The summed E-state index contributed by atoms with van der Waals surface area (Å²) in [6.45, 7) is 6.85. The summed E-state index contributed by atoms with van der Waals surface area (Å²) in [6, 6.07) is 0. The van der Waals surface area contributed by atoms with Crippen molar-refractivity contribution in [3.05, 3.63) is 0 Å². The highest BCUT2D eigenvalue weighted by Gasteiger charge is 2.54. The van der Waals surface area contributed by atoms with E-state index in [9.17, 15) is 14.4 Å². The molecule has 0 saturated carbocycles. The number of amides is 1. The standard InChI is InChI=1S/C13H21NO5/c1-5-18-12(17)13(7-6-10(16)14-13)11(8(2)3)19-9(4)15/h8,11H,5-7H2,1-4H3,(H,14,16)/t11-,13-/m0/s1. The van der Waals surface area contributed by atoms with Crippen molar-refractivity contribution < 1.29 is 23.9 Å². The van der Waals surface area contributed by atoms with E-state index in [4.69, 9.17) is 9.47 Å². The molecule has 0 bridgehead atoms. The van der Waals surface area contributed by atoms with Crippen molar-refractivity contribution >= 4 is 17.8 Å². The first-order chi connectivity index (χ1) is 8.83. The van der Waals surface area contributed by atoms with E-state index in [0.717, 1.165) is 0 Å². The van der Waals surface area contributed by atoms with Gasteiger partial charge in [0.2, 0.25) is 5.91 Å². The van der Waals surface area contributed by atoms with Gasteiger partial charge in [0.25, 0.3) is 0 Å². The molecule has 1 saturated heterocycles. The molecule has 0 aromatic carbocycles. The summed E-state index contributed by atoms with van der Waals surface area (Å²) in [5.41, 5.74) is -1.26. The van der Waals surface area contributed by atoms with Crippen LogP contribution in [-0.4, -0.2) is 36.1 Å². The van der Waals surface area contributed by atoms with Gasteiger partial charge in [0.15, 0.2) is 5.54 Å². The highest BCUT2D eigenvalue weighted by atomic mass is 16.6. The lowest BCUT2D eigenvalue weighted by molar-refractivity contribution is -0.168. The van der Waals surface area contributed by atoms with Crippen molar-refractivity contribution in [1.82, 2.24) is 5.32 Å². The van der Waals surface area contributed by atoms with Crippen molar-refractivity contribution in [2.75, 3.05) is 6.61 Å². The van der Waals surface area contributed by atoms with Crippen LogP contribution < -0.4 is 5.32 Å². The van der Waals surface area contributed by atoms with Crippen molar-refractivity contribution in [2.24, 2.45) is 5.92 Å². The predicted octanol–water partition coefficient (Wildman–Crippen LogP) is 0.786. The van der Waals surface area contributed by atoms with E-state index in [1.807, 2.05) is 13.8 Å². The molecular weight excluding hydrogens is 250 g/mol. The van der Waals surface area contributed by atoms with Crippen molar-refractivity contribution in [3.63, 3.8) is 0 Å². The lowest BCUT2D eigenvalue weighted by atomic mass is 9.84. The van der Waals surface area contributed by atoms with Crippen LogP contribution in [0.5, 0.6) is 0 Å². The van der Waals surface area contributed by atoms with Gasteiger partial charge in [0, 0.05) is 13.3 Å². The van der Waals surface area contributed by atoms with Crippen LogP contribution in [0.25, 0.3) is 0 Å². The maximum absolute atomic E-state index is 12.2. The fourth-order valence-corrected chi connectivity index (χ4v) is 2.41. The number of esters is 2. The van der Waals surface area contributed by atoms with Crippen LogP contribution in [-0.2, 0) is 23.9 Å². The van der Waals surface area contributed by atoms with E-state index in [0.29, 0.717) is 0 Å². The molecule has 0 aromatic heterocycles. The summed E-state index contributed by atoms with van der Waals surface area (Å²) < 4.78 is 10.3. The van der Waals surface area contributed by atoms with Gasteiger partial charge in [-0.3, -0.25) is 9.59 Å². The van der Waals surface area contributed by atoms with Crippen molar-refractivity contribution in [1.29, 1.82) is 0 Å². The molecule has 0 spiro atoms. The first kappa shape index (κ1) is 15.5. The summed E-state index contributed by atoms with van der Waals surface area (Å²) in [4.78, 5) is 35.0. The largest absolute Gasteiger partial charge is 0.464 e. The normalized spacial score (nSPS) is 23.9. The number of hydrogen-bond acceptors (Lipinski definition) is 5. The molecular formula is C13H21NO5. The van der Waals surface area contributed by atoms with Gasteiger partial charge in [-0.2, -0.15) is 0 Å². The third-order valence-corrected chi connectivity index (χ3v) is 3.13. The molecule has 1 aliphatic heterocycles. The smallest absolute Gasteiger partial charge is 0.335 e. The van der Waals surface area contributed by atoms with Gasteiger partial charge < -0.3 is 14.8 Å². The van der Waals surface area contributed by atoms with Gasteiger partial charge in [-0.05, 0) is 19.3 Å². The maximum Gasteiger partial charge on any atom is 0.335 e. The van der Waals surface area contributed by atoms with Gasteiger partial charge in [-0.15, -0.1) is 0 Å². The summed E-state index contributed by atoms with van der Waals surface area (Å²) in [5, 5.41) is 2.65. The van der Waals surface area contributed by atoms with Crippen LogP contribution in [0.4, 0.5) is 0 Å². The molecule has 1 N–H and O–H groups in total. The summed E-state index contributed by atoms with van der Waals surface area (Å²) >= 11 is 0. The van der Waals surface area contributed by atoms with Gasteiger partial charge in [0.1, 0.15) is 6.10 Å². The second-order valence-corrected chi connectivity index (χ2v) is 5.01. The Kier molecular flexibility index (Phi) is 4.91. The van der Waals surface area contributed by atoms with E-state index in [2.05, 4.69) is 5.32 Å². The Bertz CT molecular complexity index is 379. The van der Waals surface area contributed by atoms with Crippen molar-refractivity contribution in [2.45, 2.75) is 52.2 Å². The van der Waals surface area contributed by atoms with Gasteiger partial charge in [0.05, 0.1) is 6.61 Å². The molecule has 6 nitrogen and oxygen atoms in total. The molecule has 108 valence electrons. The van der Waals surface area contributed by atoms with E-state index < -0.39 is 23.6 Å². The molecule has 19 heavy (non-hydrogen) atoms. The zero-order chi connectivity index (χ0) is 14.6. The monoisotopic (exact) mass is 271 g/mol. The minimum Gasteiger partial charge on any atom is -0.464 e. The van der Waals surface area contributed by atoms with Crippen LogP contribution in [0.1, 0.15) is 40.5 Å². The molecule has 1 aliphatic rings. The summed E-state index contributed by atoms with van der Waals surface area (Å²) in [7, 11) is 0. The Labute approximate surface area is 112 Å². The average Bonchev–Trinajstić information content (AvgIpc) is 2.69. The molecule has 6 heteroatoms. The topological polar surface area (TPSA) is 81.7 Å². The molecule has 0 aromatic rings. The fourth-order valence-electron chi connectivity index (χ4n) is 2.41. The Morgan fingerprint density at radius 1 is 1.42 bits per heavy atom. The maximum atomic E-state index is 12.2. The molecule has 0 aliphatic carbocycles. The quantitative estimate of drug-likeness (QED) is 0.747. The highest BCUT2D eigenvalue weighted by Crippen LogP contribution is 2.32. The number of carbonyl (C=O) groups excluding carboxylic acids is 3. The molecule has 1 fully saturated rings. The number of hydrogen-bond donors (Lipinski definition) is 1. The number of rotatable bonds is 5. The molecule has 1 heterocycles. The van der Waals surface area contributed by atoms with Crippen LogP contribution >= 0.6 is 0 Å². The van der Waals surface area contributed by atoms with Gasteiger partial charge in [-0.1, -0.05) is 13.8 Å². The molecule has 0 radical (unpaired) electrons. The van der Waals surface area contributed by atoms with Gasteiger partial charge >= 0.3 is 11.9 Å². The van der Waals surface area contributed by atoms with Crippen molar-refractivity contribution in [3.8, 4) is 0 Å². The van der Waals surface area contributed by atoms with E-state index in [-0.39, 0.29) is 31.3 Å². The third kappa shape index (κ3) is 3.24. The molecule has 1 amide bonds.